The predicted octanol–water partition coefficient (Wildman–Crippen LogP) is 3.00. The standard InChI is InChI=1S/C17H17NO5S2/c1-12-4-10-15(11-5-12)25(20,21)23-18-16(17(19)22-2)13-6-8-14(24-3)9-7-13/h4-11H,1-3H3/b18-16+. The van der Waals surface area contributed by atoms with Gasteiger partial charge in [0, 0.05) is 10.5 Å². The van der Waals surface area contributed by atoms with Crippen molar-refractivity contribution in [2.24, 2.45) is 5.16 Å². The first-order valence-electron chi connectivity index (χ1n) is 7.18. The second-order valence-corrected chi connectivity index (χ2v) is 7.41. The van der Waals surface area contributed by atoms with Gasteiger partial charge in [0.25, 0.3) is 0 Å². The molecule has 25 heavy (non-hydrogen) atoms. The Morgan fingerprint density at radius 2 is 1.64 bits per heavy atom. The van der Waals surface area contributed by atoms with Gasteiger partial charge in [0.05, 0.1) is 7.11 Å². The number of hydrogen-bond donors (Lipinski definition) is 0. The Hall–Kier alpha value is -2.32. The molecule has 0 aliphatic carbocycles. The minimum atomic E-state index is -4.13. The third-order valence-electron chi connectivity index (χ3n) is 3.28. The third kappa shape index (κ3) is 4.83. The van der Waals surface area contributed by atoms with Crippen molar-refractivity contribution in [3.05, 3.63) is 59.7 Å². The Kier molecular flexibility index (Phi) is 6.22. The lowest BCUT2D eigenvalue weighted by Crippen LogP contribution is -2.18. The predicted molar refractivity (Wildman–Crippen MR) is 96.2 cm³/mol. The van der Waals surface area contributed by atoms with Crippen molar-refractivity contribution in [1.29, 1.82) is 0 Å². The molecule has 0 radical (unpaired) electrons. The number of carbonyl (C=O) groups excluding carboxylic acids is 1. The van der Waals surface area contributed by atoms with Gasteiger partial charge in [-0.15, -0.1) is 11.8 Å². The molecular formula is C17H17NO5S2. The number of thioether (sulfide) groups is 1. The molecule has 0 fully saturated rings. The van der Waals surface area contributed by atoms with Crippen molar-refractivity contribution in [1.82, 2.24) is 0 Å². The van der Waals surface area contributed by atoms with Crippen molar-refractivity contribution in [2.75, 3.05) is 13.4 Å². The normalized spacial score (nSPS) is 11.9. The van der Waals surface area contributed by atoms with Gasteiger partial charge >= 0.3 is 16.1 Å². The second kappa shape index (κ2) is 8.17. The van der Waals surface area contributed by atoms with E-state index >= 15 is 0 Å². The first-order valence-corrected chi connectivity index (χ1v) is 9.81. The highest BCUT2D eigenvalue weighted by molar-refractivity contribution is 7.98. The molecule has 0 saturated carbocycles. The van der Waals surface area contributed by atoms with E-state index in [9.17, 15) is 13.2 Å². The van der Waals surface area contributed by atoms with Gasteiger partial charge in [0.15, 0.2) is 5.71 Å². The van der Waals surface area contributed by atoms with Gasteiger partial charge in [-0.2, -0.15) is 8.42 Å². The van der Waals surface area contributed by atoms with Crippen LogP contribution in [-0.2, 0) is 23.9 Å². The first-order chi connectivity index (χ1) is 11.9. The summed E-state index contributed by atoms with van der Waals surface area (Å²) in [4.78, 5) is 12.9. The molecule has 2 rings (SSSR count). The summed E-state index contributed by atoms with van der Waals surface area (Å²) in [5, 5.41) is 3.54. The van der Waals surface area contributed by atoms with Crippen molar-refractivity contribution < 1.29 is 22.2 Å². The maximum Gasteiger partial charge on any atom is 0.360 e. The Balaban J connectivity index is 2.34. The fourth-order valence-corrected chi connectivity index (χ4v) is 3.02. The average molecular weight is 379 g/mol. The van der Waals surface area contributed by atoms with E-state index in [1.54, 1.807) is 36.4 Å². The topological polar surface area (TPSA) is 82.0 Å². The number of nitrogens with zero attached hydrogens (tertiary/aromatic N) is 1. The second-order valence-electron chi connectivity index (χ2n) is 5.00. The summed E-state index contributed by atoms with van der Waals surface area (Å²) in [5.74, 6) is -0.795. The molecule has 0 aliphatic heterocycles. The van der Waals surface area contributed by atoms with Crippen LogP contribution in [0.25, 0.3) is 0 Å². The van der Waals surface area contributed by atoms with Crippen LogP contribution in [0.2, 0.25) is 0 Å². The lowest BCUT2D eigenvalue weighted by Gasteiger charge is -2.06. The number of hydrogen-bond acceptors (Lipinski definition) is 7. The molecular weight excluding hydrogens is 362 g/mol. The molecule has 0 saturated heterocycles. The summed E-state index contributed by atoms with van der Waals surface area (Å²) in [6.07, 6.45) is 1.92. The molecule has 0 spiro atoms. The maximum absolute atomic E-state index is 12.2. The monoisotopic (exact) mass is 379 g/mol. The fourth-order valence-electron chi connectivity index (χ4n) is 1.89. The van der Waals surface area contributed by atoms with Crippen LogP contribution in [-0.4, -0.2) is 33.5 Å². The number of ether oxygens (including phenoxy) is 1. The van der Waals surface area contributed by atoms with Gasteiger partial charge in [-0.25, -0.2) is 4.79 Å². The molecule has 0 unspecified atom stereocenters. The number of methoxy groups -OCH3 is 1. The zero-order valence-corrected chi connectivity index (χ0v) is 15.6. The van der Waals surface area contributed by atoms with E-state index in [1.165, 1.54) is 31.0 Å². The molecule has 132 valence electrons. The van der Waals surface area contributed by atoms with Gasteiger partial charge in [-0.3, -0.25) is 4.28 Å². The zero-order valence-electron chi connectivity index (χ0n) is 13.9. The lowest BCUT2D eigenvalue weighted by atomic mass is 10.1. The van der Waals surface area contributed by atoms with E-state index in [0.717, 1.165) is 10.5 Å². The summed E-state index contributed by atoms with van der Waals surface area (Å²) in [5.41, 5.74) is 1.07. The fraction of sp³-hybridized carbons (Fsp3) is 0.176. The van der Waals surface area contributed by atoms with E-state index in [4.69, 9.17) is 4.28 Å². The molecule has 0 bridgehead atoms. The minimum absolute atomic E-state index is 0.0520. The van der Waals surface area contributed by atoms with Crippen LogP contribution < -0.4 is 0 Å². The Morgan fingerprint density at radius 1 is 1.04 bits per heavy atom. The van der Waals surface area contributed by atoms with Crippen LogP contribution in [0.5, 0.6) is 0 Å². The van der Waals surface area contributed by atoms with E-state index in [1.807, 2.05) is 13.2 Å². The number of esters is 1. The van der Waals surface area contributed by atoms with Crippen LogP contribution in [0.4, 0.5) is 0 Å². The number of benzene rings is 2. The molecule has 8 heteroatoms. The smallest absolute Gasteiger partial charge is 0.360 e. The Morgan fingerprint density at radius 3 is 2.16 bits per heavy atom. The highest BCUT2D eigenvalue weighted by Gasteiger charge is 2.20. The van der Waals surface area contributed by atoms with E-state index < -0.39 is 16.1 Å². The molecule has 6 nitrogen and oxygen atoms in total. The van der Waals surface area contributed by atoms with Crippen molar-refractivity contribution in [3.8, 4) is 0 Å². The summed E-state index contributed by atoms with van der Waals surface area (Å²) < 4.78 is 33.8. The van der Waals surface area contributed by atoms with Crippen LogP contribution in [0, 0.1) is 6.92 Å². The zero-order chi connectivity index (χ0) is 18.4. The van der Waals surface area contributed by atoms with Gasteiger partial charge < -0.3 is 4.74 Å². The van der Waals surface area contributed by atoms with Gasteiger partial charge in [0.2, 0.25) is 0 Å². The molecule has 2 aromatic rings. The highest BCUT2D eigenvalue weighted by atomic mass is 32.2. The van der Waals surface area contributed by atoms with E-state index in [2.05, 4.69) is 9.89 Å². The SMILES string of the molecule is COC(=O)/C(=N/OS(=O)(=O)c1ccc(C)cc1)c1ccc(SC)cc1. The van der Waals surface area contributed by atoms with Gasteiger partial charge in [-0.05, 0) is 37.4 Å². The van der Waals surface area contributed by atoms with Gasteiger partial charge in [-0.1, -0.05) is 35.0 Å². The molecule has 0 aliphatic rings. The number of aryl methyl sites for hydroxylation is 1. The number of carbonyl (C=O) groups is 1. The van der Waals surface area contributed by atoms with Crippen LogP contribution in [0.3, 0.4) is 0 Å². The number of rotatable bonds is 6. The third-order valence-corrected chi connectivity index (χ3v) is 5.14. The Bertz CT molecular complexity index is 872. The van der Waals surface area contributed by atoms with Crippen molar-refractivity contribution in [3.63, 3.8) is 0 Å². The highest BCUT2D eigenvalue weighted by Crippen LogP contribution is 2.17. The van der Waals surface area contributed by atoms with E-state index in [0.29, 0.717) is 5.56 Å². The summed E-state index contributed by atoms with van der Waals surface area (Å²) in [6, 6.07) is 13.0. The molecule has 0 amide bonds. The molecule has 2 aromatic carbocycles. The first kappa shape index (κ1) is 19.0. The molecule has 0 heterocycles. The van der Waals surface area contributed by atoms with Crippen LogP contribution in [0.1, 0.15) is 11.1 Å². The molecule has 0 aromatic heterocycles. The van der Waals surface area contributed by atoms with Crippen molar-refractivity contribution >= 4 is 33.6 Å². The van der Waals surface area contributed by atoms with Crippen molar-refractivity contribution in [2.45, 2.75) is 16.7 Å². The maximum atomic E-state index is 12.2. The largest absolute Gasteiger partial charge is 0.464 e. The molecule has 0 atom stereocenters. The van der Waals surface area contributed by atoms with Crippen LogP contribution >= 0.6 is 11.8 Å². The van der Waals surface area contributed by atoms with E-state index in [-0.39, 0.29) is 10.6 Å². The minimum Gasteiger partial charge on any atom is -0.464 e. The lowest BCUT2D eigenvalue weighted by molar-refractivity contribution is -0.132. The summed E-state index contributed by atoms with van der Waals surface area (Å²) in [6.45, 7) is 1.84. The van der Waals surface area contributed by atoms with Gasteiger partial charge in [0.1, 0.15) is 4.90 Å². The Labute approximate surface area is 151 Å². The number of oxime groups is 1. The summed E-state index contributed by atoms with van der Waals surface area (Å²) >= 11 is 1.54. The molecule has 0 N–H and O–H groups in total. The summed E-state index contributed by atoms with van der Waals surface area (Å²) in [7, 11) is -2.95. The average Bonchev–Trinajstić information content (AvgIpc) is 2.62. The van der Waals surface area contributed by atoms with Crippen LogP contribution in [0.15, 0.2) is 63.5 Å². The quantitative estimate of drug-likeness (QED) is 0.332.